The lowest BCUT2D eigenvalue weighted by atomic mass is 9.98. The molecular weight excluding hydrogens is 436 g/mol. The lowest BCUT2D eigenvalue weighted by Crippen LogP contribution is -2.50. The second-order valence-electron chi connectivity index (χ2n) is 8.76. The third kappa shape index (κ3) is 3.59. The van der Waals surface area contributed by atoms with Gasteiger partial charge in [0.25, 0.3) is 5.91 Å². The van der Waals surface area contributed by atoms with Gasteiger partial charge in [-0.1, -0.05) is 48.5 Å². The topological polar surface area (TPSA) is 125 Å². The second-order valence-corrected chi connectivity index (χ2v) is 8.76. The van der Waals surface area contributed by atoms with E-state index in [0.29, 0.717) is 19.4 Å². The first-order chi connectivity index (χ1) is 16.4. The minimum Gasteiger partial charge on any atom is -0.480 e. The van der Waals surface area contributed by atoms with Crippen LogP contribution < -0.4 is 5.32 Å². The fourth-order valence-corrected chi connectivity index (χ4v) is 4.89. The average Bonchev–Trinajstić information content (AvgIpc) is 3.54. The average molecular weight is 460 g/mol. The third-order valence-corrected chi connectivity index (χ3v) is 6.73. The van der Waals surface area contributed by atoms with E-state index in [1.165, 1.54) is 17.9 Å². The van der Waals surface area contributed by atoms with E-state index in [0.717, 1.165) is 22.3 Å². The zero-order valence-electron chi connectivity index (χ0n) is 18.6. The molecule has 5 rings (SSSR count). The van der Waals surface area contributed by atoms with E-state index in [4.69, 9.17) is 4.74 Å². The number of carbonyl (C=O) groups is 3. The Morgan fingerprint density at radius 2 is 1.79 bits per heavy atom. The van der Waals surface area contributed by atoms with Gasteiger partial charge in [-0.05, 0) is 42.0 Å². The van der Waals surface area contributed by atoms with Crippen LogP contribution in [-0.4, -0.2) is 56.9 Å². The zero-order valence-corrected chi connectivity index (χ0v) is 18.6. The molecule has 9 heteroatoms. The molecule has 1 fully saturated rings. The van der Waals surface area contributed by atoms with Gasteiger partial charge in [0.1, 0.15) is 17.8 Å². The lowest BCUT2D eigenvalue weighted by molar-refractivity contribution is -0.147. The maximum absolute atomic E-state index is 12.8. The molecular formula is C25H24N4O5. The fraction of sp³-hybridized carbons (Fsp3) is 0.280. The molecule has 2 aliphatic rings. The number of H-pyrrole nitrogens is 1. The summed E-state index contributed by atoms with van der Waals surface area (Å²) >= 11 is 0. The Balaban J connectivity index is 1.24. The standard InChI is InChI=1S/C25H24N4O5/c1-25(23(31)32)11-6-12-29(25)22(30)20-13-21(28-27-20)26-24(33)34-14-19-17-9-4-2-7-15(17)16-8-3-5-10-18(16)19/h2-5,7-10,13,19H,6,11-12,14H2,1H3,(H,31,32)(H2,26,27,28,33)/t25-/m0/s1. The summed E-state index contributed by atoms with van der Waals surface area (Å²) in [5.41, 5.74) is 3.33. The van der Waals surface area contributed by atoms with Crippen LogP contribution in [0.25, 0.3) is 11.1 Å². The number of hydrogen-bond acceptors (Lipinski definition) is 5. The number of amides is 2. The monoisotopic (exact) mass is 460 g/mol. The molecule has 1 aliphatic heterocycles. The number of fused-ring (bicyclic) bond motifs is 3. The summed E-state index contributed by atoms with van der Waals surface area (Å²) < 4.78 is 5.50. The fourth-order valence-electron chi connectivity index (χ4n) is 4.89. The first-order valence-corrected chi connectivity index (χ1v) is 11.1. The molecule has 1 aromatic heterocycles. The predicted octanol–water partition coefficient (Wildman–Crippen LogP) is 3.85. The normalized spacial score (nSPS) is 18.9. The molecule has 34 heavy (non-hydrogen) atoms. The Kier molecular flexibility index (Phi) is 5.31. The van der Waals surface area contributed by atoms with Crippen LogP contribution in [0.4, 0.5) is 10.6 Å². The van der Waals surface area contributed by atoms with Crippen LogP contribution >= 0.6 is 0 Å². The molecule has 2 amide bonds. The molecule has 0 saturated carbocycles. The Hall–Kier alpha value is -4.14. The van der Waals surface area contributed by atoms with Gasteiger partial charge < -0.3 is 14.7 Å². The third-order valence-electron chi connectivity index (χ3n) is 6.73. The van der Waals surface area contributed by atoms with Gasteiger partial charge in [-0.3, -0.25) is 15.2 Å². The van der Waals surface area contributed by atoms with Crippen molar-refractivity contribution in [1.29, 1.82) is 0 Å². The van der Waals surface area contributed by atoms with Crippen LogP contribution in [0.15, 0.2) is 54.6 Å². The van der Waals surface area contributed by atoms with Crippen molar-refractivity contribution < 1.29 is 24.2 Å². The number of likely N-dealkylation sites (tertiary alicyclic amines) is 1. The van der Waals surface area contributed by atoms with Gasteiger partial charge in [-0.25, -0.2) is 9.59 Å². The number of benzene rings is 2. The SMILES string of the molecule is C[C@@]1(C(=O)O)CCCN1C(=O)c1cc(NC(=O)OCC2c3ccccc3-c3ccccc32)n[nH]1. The molecule has 3 N–H and O–H groups in total. The van der Waals surface area contributed by atoms with E-state index in [2.05, 4.69) is 27.6 Å². The molecule has 174 valence electrons. The molecule has 9 nitrogen and oxygen atoms in total. The van der Waals surface area contributed by atoms with Crippen molar-refractivity contribution in [3.05, 3.63) is 71.4 Å². The summed E-state index contributed by atoms with van der Waals surface area (Å²) in [6, 6.07) is 17.5. The number of carboxylic acid groups (broad SMARTS) is 1. The zero-order chi connectivity index (χ0) is 23.9. The van der Waals surface area contributed by atoms with Crippen molar-refractivity contribution in [3.63, 3.8) is 0 Å². The number of anilines is 1. The van der Waals surface area contributed by atoms with Crippen LogP contribution in [0.3, 0.4) is 0 Å². The highest BCUT2D eigenvalue weighted by molar-refractivity contribution is 5.98. The van der Waals surface area contributed by atoms with Crippen molar-refractivity contribution in [3.8, 4) is 11.1 Å². The Labute approximate surface area is 195 Å². The van der Waals surface area contributed by atoms with E-state index in [-0.39, 0.29) is 24.0 Å². The summed E-state index contributed by atoms with van der Waals surface area (Å²) in [5, 5.41) is 18.6. The van der Waals surface area contributed by atoms with Crippen molar-refractivity contribution >= 4 is 23.8 Å². The first kappa shape index (κ1) is 21.7. The van der Waals surface area contributed by atoms with Gasteiger partial charge in [-0.2, -0.15) is 5.10 Å². The molecule has 2 heterocycles. The van der Waals surface area contributed by atoms with Gasteiger partial charge in [0, 0.05) is 18.5 Å². The summed E-state index contributed by atoms with van der Waals surface area (Å²) in [6.07, 6.45) is 0.296. The van der Waals surface area contributed by atoms with Crippen LogP contribution in [0, 0.1) is 0 Å². The van der Waals surface area contributed by atoms with Crippen molar-refractivity contribution in [1.82, 2.24) is 15.1 Å². The number of aromatic amines is 1. The Morgan fingerprint density at radius 3 is 2.44 bits per heavy atom. The molecule has 0 radical (unpaired) electrons. The second kappa shape index (κ2) is 8.33. The van der Waals surface area contributed by atoms with Gasteiger partial charge in [-0.15, -0.1) is 0 Å². The Morgan fingerprint density at radius 1 is 1.15 bits per heavy atom. The maximum atomic E-state index is 12.8. The van der Waals surface area contributed by atoms with Crippen molar-refractivity contribution in [2.75, 3.05) is 18.5 Å². The van der Waals surface area contributed by atoms with E-state index in [9.17, 15) is 19.5 Å². The van der Waals surface area contributed by atoms with Crippen LogP contribution in [0.2, 0.25) is 0 Å². The van der Waals surface area contributed by atoms with E-state index in [1.807, 2.05) is 36.4 Å². The predicted molar refractivity (Wildman–Crippen MR) is 124 cm³/mol. The number of rotatable bonds is 5. The maximum Gasteiger partial charge on any atom is 0.412 e. The van der Waals surface area contributed by atoms with Gasteiger partial charge >= 0.3 is 12.1 Å². The molecule has 0 unspecified atom stereocenters. The molecule has 1 atom stereocenters. The summed E-state index contributed by atoms with van der Waals surface area (Å²) in [6.45, 7) is 2.03. The minimum absolute atomic E-state index is 0.0710. The molecule has 0 spiro atoms. The highest BCUT2D eigenvalue weighted by Crippen LogP contribution is 2.44. The number of nitrogens with zero attached hydrogens (tertiary/aromatic N) is 2. The van der Waals surface area contributed by atoms with Gasteiger partial charge in [0.05, 0.1) is 0 Å². The first-order valence-electron chi connectivity index (χ1n) is 11.1. The summed E-state index contributed by atoms with van der Waals surface area (Å²) in [7, 11) is 0. The number of hydrogen-bond donors (Lipinski definition) is 3. The highest BCUT2D eigenvalue weighted by atomic mass is 16.5. The Bertz CT molecular complexity index is 1240. The molecule has 1 saturated heterocycles. The smallest absolute Gasteiger partial charge is 0.412 e. The van der Waals surface area contributed by atoms with E-state index in [1.54, 1.807) is 0 Å². The van der Waals surface area contributed by atoms with E-state index >= 15 is 0 Å². The lowest BCUT2D eigenvalue weighted by Gasteiger charge is -2.30. The van der Waals surface area contributed by atoms with Gasteiger partial charge in [0.2, 0.25) is 0 Å². The number of nitrogens with one attached hydrogen (secondary N) is 2. The van der Waals surface area contributed by atoms with Crippen molar-refractivity contribution in [2.45, 2.75) is 31.2 Å². The summed E-state index contributed by atoms with van der Waals surface area (Å²) in [5.74, 6) is -1.47. The van der Waals surface area contributed by atoms with Crippen LogP contribution in [0.1, 0.15) is 47.3 Å². The molecule has 2 aromatic carbocycles. The number of aliphatic carboxylic acids is 1. The van der Waals surface area contributed by atoms with Gasteiger partial charge in [0.15, 0.2) is 5.82 Å². The van der Waals surface area contributed by atoms with Crippen LogP contribution in [-0.2, 0) is 9.53 Å². The summed E-state index contributed by atoms with van der Waals surface area (Å²) in [4.78, 5) is 38.3. The minimum atomic E-state index is -1.26. The number of ether oxygens (including phenoxy) is 1. The van der Waals surface area contributed by atoms with Crippen molar-refractivity contribution in [2.24, 2.45) is 0 Å². The van der Waals surface area contributed by atoms with E-state index < -0.39 is 23.5 Å². The quantitative estimate of drug-likeness (QED) is 0.531. The molecule has 1 aliphatic carbocycles. The largest absolute Gasteiger partial charge is 0.480 e. The number of carbonyl (C=O) groups excluding carboxylic acids is 2. The van der Waals surface area contributed by atoms with Crippen LogP contribution in [0.5, 0.6) is 0 Å². The number of carboxylic acids is 1. The molecule has 0 bridgehead atoms. The number of aromatic nitrogens is 2. The highest BCUT2D eigenvalue weighted by Gasteiger charge is 2.46. The molecule has 3 aromatic rings.